The second kappa shape index (κ2) is 86.8. The van der Waals surface area contributed by atoms with Crippen LogP contribution in [0.4, 0.5) is 0 Å². The molecule has 0 amide bonds. The molecule has 9 heteroatoms. The summed E-state index contributed by atoms with van der Waals surface area (Å²) in [4.78, 5) is 37.7. The van der Waals surface area contributed by atoms with Crippen molar-refractivity contribution in [2.75, 3.05) is 47.5 Å². The van der Waals surface area contributed by atoms with Gasteiger partial charge in [0.05, 0.1) is 40.3 Å². The lowest BCUT2D eigenvalue weighted by molar-refractivity contribution is -0.870. The van der Waals surface area contributed by atoms with Crippen molar-refractivity contribution in [2.45, 2.75) is 411 Å². The molecule has 9 nitrogen and oxygen atoms in total. The SMILES string of the molecule is CC/C=C\C/C=C\C/C=C\C/C=C\C/C=C\C/C=C\C/C=C\C/C=C\C/C=C\CCCCCCCCCCCCCCCC(=O)OC(COC(=O)CCCCCCCCCCCCCCCCCCCCCCCCCCCC/C=C\C/C=C\C/C=C\CCCCCCC)COC(OCC[N+](C)(C)C)C(=O)[O-]. The molecule has 0 rings (SSSR count). The predicted molar refractivity (Wildman–Crippen MR) is 462 cm³/mol. The van der Waals surface area contributed by atoms with Crippen molar-refractivity contribution in [3.05, 3.63) is 146 Å². The summed E-state index contributed by atoms with van der Waals surface area (Å²) >= 11 is 0. The van der Waals surface area contributed by atoms with Crippen molar-refractivity contribution in [2.24, 2.45) is 0 Å². The number of rotatable bonds is 83. The van der Waals surface area contributed by atoms with Crippen LogP contribution in [0.25, 0.3) is 0 Å². The minimum atomic E-state index is -1.63. The number of hydrogen-bond acceptors (Lipinski definition) is 8. The first kappa shape index (κ1) is 102. The van der Waals surface area contributed by atoms with Crippen LogP contribution in [-0.2, 0) is 33.3 Å². The number of aliphatic carboxylic acids is 1. The summed E-state index contributed by atoms with van der Waals surface area (Å²) in [5.74, 6) is -2.27. The van der Waals surface area contributed by atoms with Gasteiger partial charge in [-0.25, -0.2) is 0 Å². The largest absolute Gasteiger partial charge is 0.545 e. The van der Waals surface area contributed by atoms with Gasteiger partial charge in [-0.2, -0.15) is 0 Å². The van der Waals surface area contributed by atoms with E-state index in [0.29, 0.717) is 23.9 Å². The molecule has 0 saturated heterocycles. The standard InChI is InChI=1S/C98H169NO8/c1-6-8-10-12-14-16-18-20-22-24-26-28-30-32-34-36-38-40-42-44-46-48-50-52-54-56-58-60-62-64-66-68-70-72-74-76-78-80-82-84-86-88-95(100)105-92-94(93-106-98(97(102)103)104-91-90-99(3,4)5)107-96(101)89-87-85-83-81-79-77-75-73-71-69-67-65-63-61-59-57-55-53-51-49-47-45-43-41-39-37-35-33-31-29-27-25-23-21-19-17-15-13-11-9-7-2/h9,11,15,17-18,20-21,23-24,26-27,29-30,32-33,35,39,41,45,47,51,53,57,59,94,98H,6-8,10,12-14,16,19,22,25,28,31,34,36-38,40,42-44,46,48-50,52,54-56,58,60-93H2,1-5H3/b11-9-,17-15-,20-18-,23-21-,26-24-,29-27-,32-30-,35-33-,41-39-,47-45-,53-51-,59-57-. The fourth-order valence-electron chi connectivity index (χ4n) is 12.8. The monoisotopic (exact) mass is 1490 g/mol. The van der Waals surface area contributed by atoms with Gasteiger partial charge >= 0.3 is 11.9 Å². The summed E-state index contributed by atoms with van der Waals surface area (Å²) in [6.07, 6.45) is 124. The number of allylic oxidation sites excluding steroid dienone is 24. The van der Waals surface area contributed by atoms with E-state index in [0.717, 1.165) is 109 Å². The lowest BCUT2D eigenvalue weighted by atomic mass is 10.0. The van der Waals surface area contributed by atoms with Crippen molar-refractivity contribution in [1.29, 1.82) is 0 Å². The number of likely N-dealkylation sites (N-methyl/N-ethyl adjacent to an activating group) is 1. The number of unbranched alkanes of at least 4 members (excludes halogenated alkanes) is 44. The van der Waals surface area contributed by atoms with E-state index in [-0.39, 0.29) is 32.2 Å². The van der Waals surface area contributed by atoms with Crippen LogP contribution < -0.4 is 5.11 Å². The fraction of sp³-hybridized carbons (Fsp3) is 0.724. The molecule has 0 spiro atoms. The van der Waals surface area contributed by atoms with Crippen molar-refractivity contribution < 1.29 is 42.9 Å². The van der Waals surface area contributed by atoms with Crippen LogP contribution in [-0.4, -0.2) is 82.3 Å². The normalized spacial score (nSPS) is 13.3. The molecule has 0 aliphatic heterocycles. The molecule has 2 atom stereocenters. The van der Waals surface area contributed by atoms with Crippen LogP contribution in [0.1, 0.15) is 399 Å². The Morgan fingerprint density at radius 3 is 0.794 bits per heavy atom. The molecular formula is C98H169NO8. The number of ether oxygens (including phenoxy) is 4. The van der Waals surface area contributed by atoms with Gasteiger partial charge in [0, 0.05) is 12.8 Å². The van der Waals surface area contributed by atoms with E-state index in [9.17, 15) is 19.5 Å². The Balaban J connectivity index is 3.98. The number of esters is 2. The zero-order valence-corrected chi connectivity index (χ0v) is 70.5. The third-order valence-corrected chi connectivity index (χ3v) is 19.6. The zero-order chi connectivity index (χ0) is 77.4. The molecule has 0 saturated carbocycles. The molecule has 0 radical (unpaired) electrons. The van der Waals surface area contributed by atoms with Gasteiger partial charge in [0.2, 0.25) is 0 Å². The third-order valence-electron chi connectivity index (χ3n) is 19.6. The highest BCUT2D eigenvalue weighted by Crippen LogP contribution is 2.19. The second-order valence-electron chi connectivity index (χ2n) is 31.2. The molecule has 0 aliphatic rings. The highest BCUT2D eigenvalue weighted by atomic mass is 16.7. The predicted octanol–water partition coefficient (Wildman–Crippen LogP) is 28.4. The Bertz CT molecular complexity index is 2290. The van der Waals surface area contributed by atoms with Gasteiger partial charge in [0.25, 0.3) is 0 Å². The van der Waals surface area contributed by atoms with Gasteiger partial charge in [-0.1, -0.05) is 410 Å². The topological polar surface area (TPSA) is 111 Å². The molecule has 0 aromatic carbocycles. The molecule has 2 unspecified atom stereocenters. The Morgan fingerprint density at radius 1 is 0.290 bits per heavy atom. The van der Waals surface area contributed by atoms with E-state index < -0.39 is 24.3 Å². The molecule has 107 heavy (non-hydrogen) atoms. The highest BCUT2D eigenvalue weighted by Gasteiger charge is 2.22. The molecule has 614 valence electrons. The Kier molecular flexibility index (Phi) is 82.8. The third kappa shape index (κ3) is 88.3. The summed E-state index contributed by atoms with van der Waals surface area (Å²) in [6.45, 7) is 4.66. The van der Waals surface area contributed by atoms with Gasteiger partial charge in [-0.05, 0) is 122 Å². The Morgan fingerprint density at radius 2 is 0.533 bits per heavy atom. The molecule has 0 aromatic rings. The van der Waals surface area contributed by atoms with E-state index >= 15 is 0 Å². The fourth-order valence-corrected chi connectivity index (χ4v) is 12.8. The van der Waals surface area contributed by atoms with Crippen LogP contribution in [0.3, 0.4) is 0 Å². The first-order valence-electron chi connectivity index (χ1n) is 45.0. The molecule has 0 heterocycles. The van der Waals surface area contributed by atoms with E-state index in [1.807, 2.05) is 21.1 Å². The molecule has 0 aliphatic carbocycles. The molecule has 0 N–H and O–H groups in total. The van der Waals surface area contributed by atoms with E-state index in [2.05, 4.69) is 160 Å². The van der Waals surface area contributed by atoms with Crippen molar-refractivity contribution >= 4 is 17.9 Å². The number of carboxylic acids is 1. The van der Waals surface area contributed by atoms with E-state index in [1.54, 1.807) is 0 Å². The Hall–Kier alpha value is -4.83. The average molecular weight is 1490 g/mol. The highest BCUT2D eigenvalue weighted by molar-refractivity contribution is 5.70. The minimum Gasteiger partial charge on any atom is -0.545 e. The van der Waals surface area contributed by atoms with Crippen LogP contribution in [0.2, 0.25) is 0 Å². The number of nitrogens with zero attached hydrogens (tertiary/aromatic N) is 1. The maximum atomic E-state index is 13.0. The van der Waals surface area contributed by atoms with Gasteiger partial charge < -0.3 is 33.3 Å². The Labute approximate surface area is 662 Å². The average Bonchev–Trinajstić information content (AvgIpc) is 0.965. The van der Waals surface area contributed by atoms with Gasteiger partial charge in [-0.15, -0.1) is 0 Å². The number of quaternary nitrogens is 1. The van der Waals surface area contributed by atoms with E-state index in [4.69, 9.17) is 18.9 Å². The van der Waals surface area contributed by atoms with Crippen LogP contribution in [0, 0.1) is 0 Å². The van der Waals surface area contributed by atoms with Gasteiger partial charge in [-0.3, -0.25) is 9.59 Å². The summed E-state index contributed by atoms with van der Waals surface area (Å²) in [5.41, 5.74) is 0. The first-order valence-corrected chi connectivity index (χ1v) is 45.0. The number of carboxylic acid groups (broad SMARTS) is 1. The molecule has 0 fully saturated rings. The molecule has 0 bridgehead atoms. The first-order chi connectivity index (χ1) is 52.6. The lowest BCUT2D eigenvalue weighted by Crippen LogP contribution is -2.44. The minimum absolute atomic E-state index is 0.144. The number of carbonyl (C=O) groups is 3. The van der Waals surface area contributed by atoms with Crippen molar-refractivity contribution in [3.63, 3.8) is 0 Å². The maximum Gasteiger partial charge on any atom is 0.306 e. The van der Waals surface area contributed by atoms with Crippen molar-refractivity contribution in [1.82, 2.24) is 0 Å². The van der Waals surface area contributed by atoms with Crippen molar-refractivity contribution in [3.8, 4) is 0 Å². The quantitative estimate of drug-likeness (QED) is 0.0195. The number of hydrogen-bond donors (Lipinski definition) is 0. The summed E-state index contributed by atoms with van der Waals surface area (Å²) in [6, 6.07) is 0. The molecule has 0 aromatic heterocycles. The van der Waals surface area contributed by atoms with Crippen LogP contribution >= 0.6 is 0 Å². The zero-order valence-electron chi connectivity index (χ0n) is 70.5. The second-order valence-corrected chi connectivity index (χ2v) is 31.2. The van der Waals surface area contributed by atoms with Gasteiger partial charge in [0.15, 0.2) is 12.4 Å². The lowest BCUT2D eigenvalue weighted by Gasteiger charge is -2.26. The smallest absolute Gasteiger partial charge is 0.306 e. The van der Waals surface area contributed by atoms with Crippen LogP contribution in [0.5, 0.6) is 0 Å². The number of carbonyl (C=O) groups excluding carboxylic acids is 3. The summed E-state index contributed by atoms with van der Waals surface area (Å²) < 4.78 is 22.9. The summed E-state index contributed by atoms with van der Waals surface area (Å²) in [7, 11) is 5.94. The summed E-state index contributed by atoms with van der Waals surface area (Å²) in [5, 5.41) is 11.9. The maximum absolute atomic E-state index is 13.0. The molecular weight excluding hydrogens is 1320 g/mol. The van der Waals surface area contributed by atoms with E-state index in [1.165, 1.54) is 257 Å². The van der Waals surface area contributed by atoms with Gasteiger partial charge in [0.1, 0.15) is 13.2 Å². The van der Waals surface area contributed by atoms with Crippen LogP contribution in [0.15, 0.2) is 146 Å².